The summed E-state index contributed by atoms with van der Waals surface area (Å²) in [7, 11) is 1.40. The molecule has 3 heteroatoms. The van der Waals surface area contributed by atoms with Gasteiger partial charge in [0.2, 0.25) is 0 Å². The third-order valence-electron chi connectivity index (χ3n) is 3.35. The number of rotatable bonds is 1. The molecule has 2 atom stereocenters. The van der Waals surface area contributed by atoms with Crippen molar-refractivity contribution in [1.29, 1.82) is 0 Å². The largest absolute Gasteiger partial charge is 0.468 e. The first-order valence-electron chi connectivity index (χ1n) is 5.14. The normalized spacial score (nSPS) is 33.7. The van der Waals surface area contributed by atoms with Crippen LogP contribution in [0.1, 0.15) is 19.3 Å². The number of esters is 1. The Labute approximate surface area is 88.8 Å². The third-order valence-corrected chi connectivity index (χ3v) is 3.35. The van der Waals surface area contributed by atoms with E-state index >= 15 is 0 Å². The maximum atomic E-state index is 11.8. The predicted octanol–water partition coefficient (Wildman–Crippen LogP) is 1.64. The molecule has 0 heterocycles. The Kier molecular flexibility index (Phi) is 2.47. The van der Waals surface area contributed by atoms with Crippen LogP contribution in [0.4, 0.5) is 0 Å². The molecule has 0 saturated carbocycles. The standard InChI is InChI=1S/C12H14O3/c1-15-11(14)12-6-3-2-4-9(12)8-10(13)5-7-12/h2-3,5,7,9H,4,6,8H2,1H3/t9-,12-/m0/s1. The Hall–Kier alpha value is -1.38. The van der Waals surface area contributed by atoms with E-state index in [9.17, 15) is 9.59 Å². The smallest absolute Gasteiger partial charge is 0.316 e. The Morgan fingerprint density at radius 1 is 1.53 bits per heavy atom. The fourth-order valence-corrected chi connectivity index (χ4v) is 2.45. The van der Waals surface area contributed by atoms with Gasteiger partial charge in [0.1, 0.15) is 0 Å². The summed E-state index contributed by atoms with van der Waals surface area (Å²) >= 11 is 0. The maximum absolute atomic E-state index is 11.8. The molecule has 80 valence electrons. The second kappa shape index (κ2) is 3.65. The van der Waals surface area contributed by atoms with E-state index in [-0.39, 0.29) is 17.7 Å². The van der Waals surface area contributed by atoms with Crippen LogP contribution in [0.15, 0.2) is 24.3 Å². The van der Waals surface area contributed by atoms with Crippen LogP contribution in [0.5, 0.6) is 0 Å². The van der Waals surface area contributed by atoms with Crippen molar-refractivity contribution in [3.8, 4) is 0 Å². The fraction of sp³-hybridized carbons (Fsp3) is 0.500. The van der Waals surface area contributed by atoms with Gasteiger partial charge in [-0.15, -0.1) is 0 Å². The van der Waals surface area contributed by atoms with Crippen molar-refractivity contribution < 1.29 is 14.3 Å². The van der Waals surface area contributed by atoms with Crippen LogP contribution in [0.25, 0.3) is 0 Å². The highest BCUT2D eigenvalue weighted by molar-refractivity contribution is 5.94. The summed E-state index contributed by atoms with van der Waals surface area (Å²) in [6, 6.07) is 0. The lowest BCUT2D eigenvalue weighted by Crippen LogP contribution is -2.42. The van der Waals surface area contributed by atoms with Crippen molar-refractivity contribution in [2.24, 2.45) is 11.3 Å². The first-order valence-corrected chi connectivity index (χ1v) is 5.14. The van der Waals surface area contributed by atoms with Crippen molar-refractivity contribution in [3.05, 3.63) is 24.3 Å². The highest BCUT2D eigenvalue weighted by Gasteiger charge is 2.47. The number of hydrogen-bond donors (Lipinski definition) is 0. The average molecular weight is 206 g/mol. The van der Waals surface area contributed by atoms with Gasteiger partial charge < -0.3 is 4.74 Å². The second-order valence-electron chi connectivity index (χ2n) is 4.14. The maximum Gasteiger partial charge on any atom is 0.316 e. The Morgan fingerprint density at radius 3 is 3.07 bits per heavy atom. The molecule has 2 aliphatic rings. The number of carbonyl (C=O) groups excluding carboxylic acids is 2. The number of ether oxygens (including phenoxy) is 1. The van der Waals surface area contributed by atoms with Gasteiger partial charge in [-0.25, -0.2) is 0 Å². The highest BCUT2D eigenvalue weighted by Crippen LogP contribution is 2.44. The van der Waals surface area contributed by atoms with E-state index in [2.05, 4.69) is 0 Å². The molecule has 0 N–H and O–H groups in total. The Bertz CT molecular complexity index is 354. The topological polar surface area (TPSA) is 43.4 Å². The minimum absolute atomic E-state index is 0.0763. The molecule has 0 aliphatic heterocycles. The van der Waals surface area contributed by atoms with Crippen molar-refractivity contribution in [2.45, 2.75) is 19.3 Å². The molecule has 2 rings (SSSR count). The zero-order chi connectivity index (χ0) is 10.9. The minimum Gasteiger partial charge on any atom is -0.468 e. The lowest BCUT2D eigenvalue weighted by atomic mass is 9.64. The molecule has 0 bridgehead atoms. The third kappa shape index (κ3) is 1.52. The molecule has 15 heavy (non-hydrogen) atoms. The van der Waals surface area contributed by atoms with Gasteiger partial charge in [0, 0.05) is 6.42 Å². The molecule has 0 aromatic heterocycles. The summed E-state index contributed by atoms with van der Waals surface area (Å²) in [6.07, 6.45) is 9.17. The molecule has 0 saturated heterocycles. The van der Waals surface area contributed by atoms with Crippen LogP contribution in [-0.4, -0.2) is 18.9 Å². The highest BCUT2D eigenvalue weighted by atomic mass is 16.5. The first kappa shape index (κ1) is 10.1. The molecule has 0 aromatic carbocycles. The fourth-order valence-electron chi connectivity index (χ4n) is 2.45. The van der Waals surface area contributed by atoms with Crippen LogP contribution >= 0.6 is 0 Å². The van der Waals surface area contributed by atoms with E-state index in [1.165, 1.54) is 13.2 Å². The van der Waals surface area contributed by atoms with Gasteiger partial charge >= 0.3 is 5.97 Å². The zero-order valence-corrected chi connectivity index (χ0v) is 8.73. The van der Waals surface area contributed by atoms with Gasteiger partial charge in [0.05, 0.1) is 12.5 Å². The summed E-state index contributed by atoms with van der Waals surface area (Å²) in [5.41, 5.74) is -0.586. The van der Waals surface area contributed by atoms with E-state index in [4.69, 9.17) is 4.74 Å². The van der Waals surface area contributed by atoms with Crippen molar-refractivity contribution in [1.82, 2.24) is 0 Å². The van der Waals surface area contributed by atoms with Crippen molar-refractivity contribution in [2.75, 3.05) is 7.11 Å². The molecular weight excluding hydrogens is 192 g/mol. The van der Waals surface area contributed by atoms with Gasteiger partial charge in [-0.05, 0) is 24.8 Å². The van der Waals surface area contributed by atoms with E-state index in [0.29, 0.717) is 12.8 Å². The summed E-state index contributed by atoms with van der Waals surface area (Å²) in [6.45, 7) is 0. The summed E-state index contributed by atoms with van der Waals surface area (Å²) in [5.74, 6) is -0.0390. The number of ketones is 1. The molecular formula is C12H14O3. The minimum atomic E-state index is -0.586. The predicted molar refractivity (Wildman–Crippen MR) is 55.1 cm³/mol. The molecule has 0 fully saturated rings. The quantitative estimate of drug-likeness (QED) is 0.484. The zero-order valence-electron chi connectivity index (χ0n) is 8.73. The van der Waals surface area contributed by atoms with Gasteiger partial charge in [0.25, 0.3) is 0 Å². The Balaban J connectivity index is 2.39. The molecule has 2 aliphatic carbocycles. The SMILES string of the molecule is COC(=O)[C@@]12C=CC(=O)C[C@@H]1CC=CC2. The average Bonchev–Trinajstić information content (AvgIpc) is 2.28. The summed E-state index contributed by atoms with van der Waals surface area (Å²) in [5, 5.41) is 0. The number of methoxy groups -OCH3 is 1. The van der Waals surface area contributed by atoms with Gasteiger partial charge in [-0.2, -0.15) is 0 Å². The second-order valence-corrected chi connectivity index (χ2v) is 4.14. The lowest BCUT2D eigenvalue weighted by molar-refractivity contribution is -0.153. The van der Waals surface area contributed by atoms with Crippen molar-refractivity contribution >= 4 is 11.8 Å². The molecule has 3 nitrogen and oxygen atoms in total. The van der Waals surface area contributed by atoms with Gasteiger partial charge in [-0.1, -0.05) is 18.2 Å². The van der Waals surface area contributed by atoms with Crippen LogP contribution in [0.2, 0.25) is 0 Å². The molecule has 0 aromatic rings. The monoisotopic (exact) mass is 206 g/mol. The first-order chi connectivity index (χ1) is 7.19. The summed E-state index contributed by atoms with van der Waals surface area (Å²) < 4.78 is 4.85. The van der Waals surface area contributed by atoms with Gasteiger partial charge in [0.15, 0.2) is 5.78 Å². The molecule has 0 amide bonds. The van der Waals surface area contributed by atoms with E-state index < -0.39 is 5.41 Å². The van der Waals surface area contributed by atoms with Crippen LogP contribution < -0.4 is 0 Å². The molecule has 0 radical (unpaired) electrons. The number of fused-ring (bicyclic) bond motifs is 1. The van der Waals surface area contributed by atoms with E-state index in [1.807, 2.05) is 12.2 Å². The van der Waals surface area contributed by atoms with Crippen LogP contribution in [0.3, 0.4) is 0 Å². The number of hydrogen-bond acceptors (Lipinski definition) is 3. The number of allylic oxidation sites excluding steroid dienone is 3. The lowest BCUT2D eigenvalue weighted by Gasteiger charge is -2.38. The number of carbonyl (C=O) groups is 2. The van der Waals surface area contributed by atoms with Crippen molar-refractivity contribution in [3.63, 3.8) is 0 Å². The Morgan fingerprint density at radius 2 is 2.33 bits per heavy atom. The van der Waals surface area contributed by atoms with Crippen LogP contribution in [0, 0.1) is 11.3 Å². The van der Waals surface area contributed by atoms with Gasteiger partial charge in [-0.3, -0.25) is 9.59 Å². The van der Waals surface area contributed by atoms with Crippen LogP contribution in [-0.2, 0) is 14.3 Å². The molecule has 0 unspecified atom stereocenters. The summed E-state index contributed by atoms with van der Waals surface area (Å²) in [4.78, 5) is 23.1. The van der Waals surface area contributed by atoms with E-state index in [0.717, 1.165) is 6.42 Å². The van der Waals surface area contributed by atoms with E-state index in [1.54, 1.807) is 6.08 Å². The molecule has 0 spiro atoms.